The second-order valence-corrected chi connectivity index (χ2v) is 8.05. The van der Waals surface area contributed by atoms with Gasteiger partial charge in [0.15, 0.2) is 0 Å². The van der Waals surface area contributed by atoms with Crippen molar-refractivity contribution in [1.82, 2.24) is 14.2 Å². The van der Waals surface area contributed by atoms with Gasteiger partial charge in [-0.05, 0) is 32.3 Å². The largest absolute Gasteiger partial charge is 0.352 e. The second-order valence-electron chi connectivity index (χ2n) is 6.11. The smallest absolute Gasteiger partial charge is 0.244 e. The molecule has 0 bridgehead atoms. The highest BCUT2D eigenvalue weighted by atomic mass is 32.2. The SMILES string of the molecule is CC1=CCCN(S(=O)(=O)c2cc(CNC3CC3)n(C)c2)C1. The van der Waals surface area contributed by atoms with Crippen molar-refractivity contribution in [2.45, 2.75) is 43.7 Å². The number of nitrogens with zero attached hydrogens (tertiary/aromatic N) is 2. The fourth-order valence-electron chi connectivity index (χ4n) is 2.66. The predicted octanol–water partition coefficient (Wildman–Crippen LogP) is 1.62. The quantitative estimate of drug-likeness (QED) is 0.841. The summed E-state index contributed by atoms with van der Waals surface area (Å²) < 4.78 is 28.9. The second kappa shape index (κ2) is 5.59. The summed E-state index contributed by atoms with van der Waals surface area (Å²) in [5.41, 5.74) is 2.14. The zero-order valence-electron chi connectivity index (χ0n) is 12.7. The van der Waals surface area contributed by atoms with Gasteiger partial charge in [-0.2, -0.15) is 4.31 Å². The molecule has 21 heavy (non-hydrogen) atoms. The van der Waals surface area contributed by atoms with E-state index in [1.54, 1.807) is 16.6 Å². The van der Waals surface area contributed by atoms with E-state index in [1.807, 2.05) is 18.5 Å². The number of hydrogen-bond acceptors (Lipinski definition) is 3. The summed E-state index contributed by atoms with van der Waals surface area (Å²) in [5.74, 6) is 0. The van der Waals surface area contributed by atoms with Crippen molar-refractivity contribution in [3.63, 3.8) is 0 Å². The molecule has 1 fully saturated rings. The van der Waals surface area contributed by atoms with Crippen molar-refractivity contribution >= 4 is 10.0 Å². The van der Waals surface area contributed by atoms with Crippen molar-refractivity contribution < 1.29 is 8.42 Å². The van der Waals surface area contributed by atoms with E-state index in [4.69, 9.17) is 0 Å². The Labute approximate surface area is 126 Å². The molecule has 6 heteroatoms. The molecule has 2 aliphatic rings. The van der Waals surface area contributed by atoms with E-state index < -0.39 is 10.0 Å². The minimum Gasteiger partial charge on any atom is -0.352 e. The Morgan fingerprint density at radius 2 is 2.14 bits per heavy atom. The van der Waals surface area contributed by atoms with Crippen molar-refractivity contribution in [2.24, 2.45) is 7.05 Å². The van der Waals surface area contributed by atoms with E-state index in [-0.39, 0.29) is 0 Å². The van der Waals surface area contributed by atoms with Crippen LogP contribution in [0.25, 0.3) is 0 Å². The van der Waals surface area contributed by atoms with Crippen LogP contribution in [-0.2, 0) is 23.6 Å². The van der Waals surface area contributed by atoms with E-state index in [2.05, 4.69) is 11.4 Å². The van der Waals surface area contributed by atoms with Crippen LogP contribution >= 0.6 is 0 Å². The number of aromatic nitrogens is 1. The minimum absolute atomic E-state index is 0.410. The van der Waals surface area contributed by atoms with Gasteiger partial charge in [0.1, 0.15) is 4.90 Å². The maximum absolute atomic E-state index is 12.7. The molecular weight excluding hydrogens is 286 g/mol. The van der Waals surface area contributed by atoms with Crippen molar-refractivity contribution in [2.75, 3.05) is 13.1 Å². The summed E-state index contributed by atoms with van der Waals surface area (Å²) in [6.07, 6.45) is 7.10. The summed E-state index contributed by atoms with van der Waals surface area (Å²) in [5, 5.41) is 3.43. The summed E-state index contributed by atoms with van der Waals surface area (Å²) >= 11 is 0. The first-order valence-corrected chi connectivity index (χ1v) is 8.95. The zero-order valence-corrected chi connectivity index (χ0v) is 13.5. The Balaban J connectivity index is 1.78. The van der Waals surface area contributed by atoms with Gasteiger partial charge in [0, 0.05) is 44.6 Å². The molecule has 2 heterocycles. The molecule has 1 aromatic rings. The Bertz CT molecular complexity index is 656. The number of rotatable bonds is 5. The Kier molecular flexibility index (Phi) is 3.94. The third-order valence-electron chi connectivity index (χ3n) is 4.17. The molecule has 0 aromatic carbocycles. The molecule has 0 unspecified atom stereocenters. The van der Waals surface area contributed by atoms with Crippen molar-refractivity contribution in [1.29, 1.82) is 0 Å². The lowest BCUT2D eigenvalue weighted by atomic mass is 10.2. The maximum Gasteiger partial charge on any atom is 0.244 e. The van der Waals surface area contributed by atoms with Crippen LogP contribution in [0.1, 0.15) is 31.9 Å². The first kappa shape index (κ1) is 14.8. The highest BCUT2D eigenvalue weighted by Crippen LogP contribution is 2.23. The summed E-state index contributed by atoms with van der Waals surface area (Å²) in [4.78, 5) is 0.410. The molecule has 0 atom stereocenters. The van der Waals surface area contributed by atoms with Gasteiger partial charge in [0.25, 0.3) is 0 Å². The lowest BCUT2D eigenvalue weighted by Gasteiger charge is -2.24. The summed E-state index contributed by atoms with van der Waals surface area (Å²) in [6.45, 7) is 3.80. The predicted molar refractivity (Wildman–Crippen MR) is 82.4 cm³/mol. The molecular formula is C15H23N3O2S. The summed E-state index contributed by atoms with van der Waals surface area (Å²) in [6, 6.07) is 2.42. The lowest BCUT2D eigenvalue weighted by Crippen LogP contribution is -2.35. The van der Waals surface area contributed by atoms with Gasteiger partial charge in [-0.15, -0.1) is 0 Å². The highest BCUT2D eigenvalue weighted by Gasteiger charge is 2.28. The fraction of sp³-hybridized carbons (Fsp3) is 0.600. The van der Waals surface area contributed by atoms with E-state index in [0.717, 1.165) is 24.2 Å². The third-order valence-corrected chi connectivity index (χ3v) is 5.98. The molecule has 5 nitrogen and oxygen atoms in total. The van der Waals surface area contributed by atoms with Gasteiger partial charge in [-0.1, -0.05) is 11.6 Å². The van der Waals surface area contributed by atoms with Crippen molar-refractivity contribution in [3.8, 4) is 0 Å². The van der Waals surface area contributed by atoms with Gasteiger partial charge in [-0.25, -0.2) is 8.42 Å². The lowest BCUT2D eigenvalue weighted by molar-refractivity contribution is 0.428. The van der Waals surface area contributed by atoms with Crippen LogP contribution in [0.5, 0.6) is 0 Å². The number of hydrogen-bond donors (Lipinski definition) is 1. The van der Waals surface area contributed by atoms with Gasteiger partial charge < -0.3 is 9.88 Å². The van der Waals surface area contributed by atoms with Gasteiger partial charge in [0.05, 0.1) is 0 Å². The first-order chi connectivity index (χ1) is 9.96. The molecule has 3 rings (SSSR count). The van der Waals surface area contributed by atoms with Crippen LogP contribution in [0.15, 0.2) is 28.8 Å². The third kappa shape index (κ3) is 3.22. The Hall–Kier alpha value is -1.11. The molecule has 1 aromatic heterocycles. The maximum atomic E-state index is 12.7. The summed E-state index contributed by atoms with van der Waals surface area (Å²) in [7, 11) is -1.47. The van der Waals surface area contributed by atoms with Crippen molar-refractivity contribution in [3.05, 3.63) is 29.6 Å². The topological polar surface area (TPSA) is 54.3 Å². The average Bonchev–Trinajstić information content (AvgIpc) is 3.19. The van der Waals surface area contributed by atoms with E-state index in [0.29, 0.717) is 24.0 Å². The zero-order chi connectivity index (χ0) is 15.0. The molecule has 1 aliphatic heterocycles. The Morgan fingerprint density at radius 3 is 2.81 bits per heavy atom. The molecule has 1 saturated carbocycles. The molecule has 116 valence electrons. The van der Waals surface area contributed by atoms with Gasteiger partial charge in [-0.3, -0.25) is 0 Å². The van der Waals surface area contributed by atoms with Crippen LogP contribution in [0, 0.1) is 0 Å². The molecule has 0 amide bonds. The Morgan fingerprint density at radius 1 is 1.38 bits per heavy atom. The standard InChI is InChI=1S/C15H23N3O2S/c1-12-4-3-7-18(10-12)21(19,20)15-8-14(17(2)11-15)9-16-13-5-6-13/h4,8,11,13,16H,3,5-7,9-10H2,1-2H3. The van der Waals surface area contributed by atoms with Gasteiger partial charge >= 0.3 is 0 Å². The van der Waals surface area contributed by atoms with Crippen LogP contribution < -0.4 is 5.32 Å². The van der Waals surface area contributed by atoms with Crippen LogP contribution in [0.4, 0.5) is 0 Å². The van der Waals surface area contributed by atoms with Crippen LogP contribution in [0.2, 0.25) is 0 Å². The van der Waals surface area contributed by atoms with Crippen LogP contribution in [0.3, 0.4) is 0 Å². The monoisotopic (exact) mass is 309 g/mol. The molecule has 1 aliphatic carbocycles. The molecule has 0 spiro atoms. The van der Waals surface area contributed by atoms with E-state index >= 15 is 0 Å². The van der Waals surface area contributed by atoms with E-state index in [1.165, 1.54) is 12.8 Å². The first-order valence-electron chi connectivity index (χ1n) is 7.51. The average molecular weight is 309 g/mol. The van der Waals surface area contributed by atoms with Crippen LogP contribution in [-0.4, -0.2) is 36.4 Å². The molecule has 0 radical (unpaired) electrons. The molecule has 1 N–H and O–H groups in total. The minimum atomic E-state index is -3.38. The van der Waals surface area contributed by atoms with Gasteiger partial charge in [0.2, 0.25) is 10.0 Å². The highest BCUT2D eigenvalue weighted by molar-refractivity contribution is 7.89. The van der Waals surface area contributed by atoms with E-state index in [9.17, 15) is 8.42 Å². The molecule has 0 saturated heterocycles. The number of sulfonamides is 1. The number of aryl methyl sites for hydroxylation is 1. The number of nitrogens with one attached hydrogen (secondary N) is 1. The normalized spacial score (nSPS) is 20.6. The fourth-order valence-corrected chi connectivity index (χ4v) is 4.25.